The van der Waals surface area contributed by atoms with E-state index < -0.39 is 6.09 Å². The summed E-state index contributed by atoms with van der Waals surface area (Å²) in [5, 5.41) is 17.4. The van der Waals surface area contributed by atoms with Crippen molar-refractivity contribution >= 4 is 22.7 Å². The highest BCUT2D eigenvalue weighted by Crippen LogP contribution is 2.31. The Morgan fingerprint density at radius 3 is 3.04 bits per heavy atom. The summed E-state index contributed by atoms with van der Waals surface area (Å²) in [6.07, 6.45) is 5.04. The Morgan fingerprint density at radius 1 is 1.38 bits per heavy atom. The Balaban J connectivity index is 1.65. The summed E-state index contributed by atoms with van der Waals surface area (Å²) in [5.74, 6) is 0. The number of H-pyrrole nitrogens is 1. The number of ether oxygens (including phenoxy) is 1. The van der Waals surface area contributed by atoms with Crippen molar-refractivity contribution in [3.8, 4) is 0 Å². The maximum absolute atomic E-state index is 11.3. The number of rotatable bonds is 3. The number of nitrogens with zero attached hydrogens (tertiary/aromatic N) is 3. The van der Waals surface area contributed by atoms with Gasteiger partial charge in [0.15, 0.2) is 0 Å². The van der Waals surface area contributed by atoms with Crippen LogP contribution in [0.1, 0.15) is 25.7 Å². The van der Waals surface area contributed by atoms with Crippen LogP contribution in [-0.4, -0.2) is 58.3 Å². The van der Waals surface area contributed by atoms with E-state index in [1.807, 2.05) is 12.3 Å². The molecular weight excluding hydrogens is 308 g/mol. The largest absolute Gasteiger partial charge is 0.465 e. The number of aromatic amines is 1. The fraction of sp³-hybridized carbons (Fsp3) is 0.529. The predicted octanol–water partition coefficient (Wildman–Crippen LogP) is 2.65. The zero-order chi connectivity index (χ0) is 16.5. The molecule has 128 valence electrons. The summed E-state index contributed by atoms with van der Waals surface area (Å²) in [4.78, 5) is 15.1. The highest BCUT2D eigenvalue weighted by atomic mass is 16.5. The number of amides is 1. The fourth-order valence-electron chi connectivity index (χ4n) is 3.79. The summed E-state index contributed by atoms with van der Waals surface area (Å²) >= 11 is 0. The lowest BCUT2D eigenvalue weighted by molar-refractivity contribution is 0.00958. The van der Waals surface area contributed by atoms with Crippen molar-refractivity contribution in [1.29, 1.82) is 0 Å². The fourth-order valence-corrected chi connectivity index (χ4v) is 3.79. The molecule has 2 saturated heterocycles. The van der Waals surface area contributed by atoms with E-state index in [0.29, 0.717) is 13.1 Å². The number of nitrogens with one attached hydrogen (secondary N) is 1. The Morgan fingerprint density at radius 2 is 2.29 bits per heavy atom. The average molecular weight is 330 g/mol. The van der Waals surface area contributed by atoms with Crippen LogP contribution in [0.3, 0.4) is 0 Å². The second-order valence-corrected chi connectivity index (χ2v) is 6.54. The normalized spacial score (nSPS) is 24.4. The number of likely N-dealkylation sites (tertiary alicyclic amines) is 1. The smallest absolute Gasteiger partial charge is 0.407 e. The van der Waals surface area contributed by atoms with Gasteiger partial charge in [0.25, 0.3) is 0 Å². The van der Waals surface area contributed by atoms with Gasteiger partial charge in [-0.1, -0.05) is 0 Å². The number of hydrogen-bond acceptors (Lipinski definition) is 4. The highest BCUT2D eigenvalue weighted by molar-refractivity contribution is 5.82. The molecule has 2 aliphatic rings. The number of carbonyl (C=O) groups is 1. The van der Waals surface area contributed by atoms with Crippen LogP contribution in [0.2, 0.25) is 0 Å². The quantitative estimate of drug-likeness (QED) is 0.904. The second-order valence-electron chi connectivity index (χ2n) is 6.54. The van der Waals surface area contributed by atoms with Crippen LogP contribution in [0.15, 0.2) is 24.4 Å². The molecule has 2 N–H and O–H groups in total. The first-order chi connectivity index (χ1) is 11.7. The Bertz CT molecular complexity index is 725. The van der Waals surface area contributed by atoms with Gasteiger partial charge in [0.2, 0.25) is 0 Å². The average Bonchev–Trinajstić information content (AvgIpc) is 3.25. The molecule has 1 aromatic carbocycles. The van der Waals surface area contributed by atoms with E-state index in [9.17, 15) is 9.90 Å². The molecule has 2 atom stereocenters. The Labute approximate surface area is 140 Å². The third-order valence-electron chi connectivity index (χ3n) is 5.02. The zero-order valence-electron chi connectivity index (χ0n) is 13.5. The van der Waals surface area contributed by atoms with Gasteiger partial charge in [-0.3, -0.25) is 5.10 Å². The first kappa shape index (κ1) is 15.3. The minimum atomic E-state index is -0.840. The third-order valence-corrected chi connectivity index (χ3v) is 5.02. The van der Waals surface area contributed by atoms with Crippen molar-refractivity contribution in [2.75, 3.05) is 24.6 Å². The minimum absolute atomic E-state index is 0.0156. The van der Waals surface area contributed by atoms with Gasteiger partial charge in [-0.25, -0.2) is 4.79 Å². The lowest BCUT2D eigenvalue weighted by Crippen LogP contribution is -2.47. The molecule has 0 radical (unpaired) electrons. The van der Waals surface area contributed by atoms with Crippen LogP contribution < -0.4 is 4.90 Å². The molecule has 7 heteroatoms. The van der Waals surface area contributed by atoms with Crippen molar-refractivity contribution < 1.29 is 14.6 Å². The van der Waals surface area contributed by atoms with E-state index >= 15 is 0 Å². The number of anilines is 1. The molecular formula is C17H22N4O3. The summed E-state index contributed by atoms with van der Waals surface area (Å²) in [7, 11) is 0. The van der Waals surface area contributed by atoms with Crippen LogP contribution in [0.5, 0.6) is 0 Å². The Kier molecular flexibility index (Phi) is 4.02. The van der Waals surface area contributed by atoms with Crippen molar-refractivity contribution in [1.82, 2.24) is 15.1 Å². The van der Waals surface area contributed by atoms with Gasteiger partial charge in [0.1, 0.15) is 6.23 Å². The topological polar surface area (TPSA) is 81.7 Å². The van der Waals surface area contributed by atoms with Crippen molar-refractivity contribution in [2.45, 2.75) is 38.0 Å². The third kappa shape index (κ3) is 2.80. The zero-order valence-corrected chi connectivity index (χ0v) is 13.5. The van der Waals surface area contributed by atoms with Crippen molar-refractivity contribution in [3.63, 3.8) is 0 Å². The SMILES string of the molecule is O=C(O)N1CCC(N(c2ccc3[nH]ncc3c2)C2CCCCO2)C1. The maximum atomic E-state index is 11.3. The standard InChI is InChI=1S/C17H22N4O3/c22-17(23)20-7-6-14(11-20)21(16-3-1-2-8-24-16)13-4-5-15-12(9-13)10-18-19-15/h4-5,9-10,14,16H,1-3,6-8,11H2,(H,18,19)(H,22,23). The lowest BCUT2D eigenvalue weighted by atomic mass is 10.1. The summed E-state index contributed by atoms with van der Waals surface area (Å²) in [6.45, 7) is 1.88. The number of benzene rings is 1. The van der Waals surface area contributed by atoms with Gasteiger partial charge in [0.05, 0.1) is 17.8 Å². The van der Waals surface area contributed by atoms with Crippen LogP contribution in [-0.2, 0) is 4.74 Å². The van der Waals surface area contributed by atoms with Gasteiger partial charge in [-0.2, -0.15) is 5.10 Å². The van der Waals surface area contributed by atoms with E-state index in [2.05, 4.69) is 27.2 Å². The van der Waals surface area contributed by atoms with Crippen LogP contribution in [0.25, 0.3) is 10.9 Å². The molecule has 7 nitrogen and oxygen atoms in total. The molecule has 24 heavy (non-hydrogen) atoms. The van der Waals surface area contributed by atoms with E-state index in [-0.39, 0.29) is 12.3 Å². The van der Waals surface area contributed by atoms with Gasteiger partial charge in [0, 0.05) is 30.8 Å². The van der Waals surface area contributed by atoms with Crippen molar-refractivity contribution in [3.05, 3.63) is 24.4 Å². The molecule has 1 aromatic heterocycles. The number of aromatic nitrogens is 2. The van der Waals surface area contributed by atoms with Gasteiger partial charge in [-0.15, -0.1) is 0 Å². The molecule has 2 aromatic rings. The second kappa shape index (κ2) is 6.32. The molecule has 0 saturated carbocycles. The predicted molar refractivity (Wildman–Crippen MR) is 90.2 cm³/mol. The number of hydrogen-bond donors (Lipinski definition) is 2. The van der Waals surface area contributed by atoms with Crippen LogP contribution >= 0.6 is 0 Å². The van der Waals surface area contributed by atoms with E-state index in [1.54, 1.807) is 0 Å². The number of fused-ring (bicyclic) bond motifs is 1. The molecule has 0 aliphatic carbocycles. The van der Waals surface area contributed by atoms with E-state index in [1.165, 1.54) is 4.90 Å². The van der Waals surface area contributed by atoms with E-state index in [0.717, 1.165) is 48.9 Å². The molecule has 4 rings (SSSR count). The highest BCUT2D eigenvalue weighted by Gasteiger charge is 2.35. The molecule has 2 aliphatic heterocycles. The van der Waals surface area contributed by atoms with Gasteiger partial charge >= 0.3 is 6.09 Å². The summed E-state index contributed by atoms with van der Waals surface area (Å²) in [5.41, 5.74) is 2.08. The van der Waals surface area contributed by atoms with Crippen molar-refractivity contribution in [2.24, 2.45) is 0 Å². The van der Waals surface area contributed by atoms with Crippen LogP contribution in [0.4, 0.5) is 10.5 Å². The molecule has 0 spiro atoms. The molecule has 2 unspecified atom stereocenters. The first-order valence-electron chi connectivity index (χ1n) is 8.53. The molecule has 0 bridgehead atoms. The first-order valence-corrected chi connectivity index (χ1v) is 8.53. The summed E-state index contributed by atoms with van der Waals surface area (Å²) in [6, 6.07) is 6.35. The molecule has 3 heterocycles. The number of carboxylic acid groups (broad SMARTS) is 1. The Hall–Kier alpha value is -2.28. The summed E-state index contributed by atoms with van der Waals surface area (Å²) < 4.78 is 6.03. The minimum Gasteiger partial charge on any atom is -0.465 e. The lowest BCUT2D eigenvalue weighted by Gasteiger charge is -2.40. The molecule has 2 fully saturated rings. The monoisotopic (exact) mass is 330 g/mol. The maximum Gasteiger partial charge on any atom is 0.407 e. The van der Waals surface area contributed by atoms with Crippen LogP contribution in [0, 0.1) is 0 Å². The molecule has 1 amide bonds. The van der Waals surface area contributed by atoms with Gasteiger partial charge in [-0.05, 0) is 43.9 Å². The van der Waals surface area contributed by atoms with Gasteiger partial charge < -0.3 is 19.6 Å². The van der Waals surface area contributed by atoms with E-state index in [4.69, 9.17) is 4.74 Å².